The van der Waals surface area contributed by atoms with Gasteiger partial charge >= 0.3 is 0 Å². The fourth-order valence-electron chi connectivity index (χ4n) is 3.03. The third-order valence-electron chi connectivity index (χ3n) is 4.12. The molecule has 2 heterocycles. The molecule has 5 nitrogen and oxygen atoms in total. The van der Waals surface area contributed by atoms with Gasteiger partial charge in [0.15, 0.2) is 11.4 Å². The molecule has 0 radical (unpaired) electrons. The Morgan fingerprint density at radius 2 is 2.00 bits per heavy atom. The average Bonchev–Trinajstić information content (AvgIpc) is 3.05. The van der Waals surface area contributed by atoms with Crippen molar-refractivity contribution in [3.63, 3.8) is 0 Å². The standard InChI is InChI=1S/C18H19NO4/c1-3-10-19-14-7-5-4-6-13(14)18(22,17(19)21)11-15(20)16-9-8-12(2)23-16/h4-9,22H,3,10-11H2,1-2H3/t18-/m1/s1. The minimum absolute atomic E-state index is 0.162. The highest BCUT2D eigenvalue weighted by Gasteiger charge is 2.50. The Kier molecular flexibility index (Phi) is 3.82. The van der Waals surface area contributed by atoms with Crippen molar-refractivity contribution in [3.05, 3.63) is 53.5 Å². The summed E-state index contributed by atoms with van der Waals surface area (Å²) in [5, 5.41) is 11.0. The molecular formula is C18H19NO4. The van der Waals surface area contributed by atoms with Crippen LogP contribution in [0.25, 0.3) is 0 Å². The molecule has 0 bridgehead atoms. The van der Waals surface area contributed by atoms with E-state index in [9.17, 15) is 14.7 Å². The number of anilines is 1. The lowest BCUT2D eigenvalue weighted by Gasteiger charge is -2.22. The number of fused-ring (bicyclic) bond motifs is 1. The Morgan fingerprint density at radius 1 is 1.26 bits per heavy atom. The van der Waals surface area contributed by atoms with Gasteiger partial charge in [-0.1, -0.05) is 25.1 Å². The number of benzene rings is 1. The topological polar surface area (TPSA) is 70.8 Å². The smallest absolute Gasteiger partial charge is 0.264 e. The highest BCUT2D eigenvalue weighted by atomic mass is 16.3. The van der Waals surface area contributed by atoms with E-state index in [2.05, 4.69) is 0 Å². The second-order valence-corrected chi connectivity index (χ2v) is 5.84. The van der Waals surface area contributed by atoms with Crippen LogP contribution in [0.4, 0.5) is 5.69 Å². The van der Waals surface area contributed by atoms with Crippen LogP contribution in [0.15, 0.2) is 40.8 Å². The molecule has 3 rings (SSSR count). The van der Waals surface area contributed by atoms with E-state index in [-0.39, 0.29) is 18.0 Å². The van der Waals surface area contributed by atoms with Crippen LogP contribution in [-0.4, -0.2) is 23.3 Å². The van der Waals surface area contributed by atoms with E-state index < -0.39 is 11.5 Å². The molecule has 1 aliphatic heterocycles. The minimum atomic E-state index is -1.83. The molecule has 1 aromatic carbocycles. The van der Waals surface area contributed by atoms with Crippen LogP contribution in [0, 0.1) is 6.92 Å². The van der Waals surface area contributed by atoms with Gasteiger partial charge in [-0.3, -0.25) is 9.59 Å². The second kappa shape index (κ2) is 5.66. The van der Waals surface area contributed by atoms with E-state index >= 15 is 0 Å². The highest BCUT2D eigenvalue weighted by Crippen LogP contribution is 2.42. The summed E-state index contributed by atoms with van der Waals surface area (Å²) in [6, 6.07) is 10.3. The summed E-state index contributed by atoms with van der Waals surface area (Å²) in [6.45, 7) is 4.21. The van der Waals surface area contributed by atoms with Crippen molar-refractivity contribution in [1.82, 2.24) is 0 Å². The van der Waals surface area contributed by atoms with Gasteiger partial charge in [0.1, 0.15) is 5.76 Å². The minimum Gasteiger partial charge on any atom is -0.458 e. The van der Waals surface area contributed by atoms with Gasteiger partial charge in [0, 0.05) is 12.1 Å². The number of aryl methyl sites for hydroxylation is 1. The number of para-hydroxylation sites is 1. The maximum Gasteiger partial charge on any atom is 0.264 e. The summed E-state index contributed by atoms with van der Waals surface area (Å²) in [4.78, 5) is 26.7. The molecule has 0 saturated heterocycles. The van der Waals surface area contributed by atoms with E-state index in [0.29, 0.717) is 23.6 Å². The van der Waals surface area contributed by atoms with Crippen molar-refractivity contribution in [2.75, 3.05) is 11.4 Å². The number of hydrogen-bond donors (Lipinski definition) is 1. The van der Waals surface area contributed by atoms with E-state index in [1.807, 2.05) is 13.0 Å². The van der Waals surface area contributed by atoms with Gasteiger partial charge in [-0.05, 0) is 31.5 Å². The maximum atomic E-state index is 12.7. The van der Waals surface area contributed by atoms with Crippen LogP contribution in [-0.2, 0) is 10.4 Å². The number of aliphatic hydroxyl groups is 1. The normalized spacial score (nSPS) is 20.0. The van der Waals surface area contributed by atoms with Crippen molar-refractivity contribution >= 4 is 17.4 Å². The summed E-state index contributed by atoms with van der Waals surface area (Å²) in [5.41, 5.74) is -0.677. The van der Waals surface area contributed by atoms with Crippen molar-refractivity contribution in [1.29, 1.82) is 0 Å². The molecule has 1 amide bonds. The van der Waals surface area contributed by atoms with Gasteiger partial charge in [0.25, 0.3) is 5.91 Å². The molecule has 0 spiro atoms. The lowest BCUT2D eigenvalue weighted by atomic mass is 9.89. The summed E-state index contributed by atoms with van der Waals surface area (Å²) < 4.78 is 5.31. The molecule has 0 unspecified atom stereocenters. The van der Waals surface area contributed by atoms with Gasteiger partial charge in [-0.25, -0.2) is 0 Å². The van der Waals surface area contributed by atoms with E-state index in [1.165, 1.54) is 0 Å². The molecule has 1 aromatic heterocycles. The van der Waals surface area contributed by atoms with Crippen LogP contribution in [0.1, 0.15) is 41.6 Å². The molecule has 1 atom stereocenters. The Balaban J connectivity index is 1.97. The van der Waals surface area contributed by atoms with Crippen molar-refractivity contribution in [2.24, 2.45) is 0 Å². The highest BCUT2D eigenvalue weighted by molar-refractivity contribution is 6.10. The largest absolute Gasteiger partial charge is 0.458 e. The zero-order valence-corrected chi connectivity index (χ0v) is 13.2. The predicted molar refractivity (Wildman–Crippen MR) is 85.4 cm³/mol. The molecule has 23 heavy (non-hydrogen) atoms. The molecular weight excluding hydrogens is 294 g/mol. The number of nitrogens with zero attached hydrogens (tertiary/aromatic N) is 1. The number of Topliss-reactive ketones (excluding diaryl/α,β-unsaturated/α-hetero) is 1. The lowest BCUT2D eigenvalue weighted by Crippen LogP contribution is -2.42. The summed E-state index contributed by atoms with van der Waals surface area (Å²) in [6.07, 6.45) is 0.442. The zero-order valence-electron chi connectivity index (χ0n) is 13.2. The lowest BCUT2D eigenvalue weighted by molar-refractivity contribution is -0.135. The number of ketones is 1. The third-order valence-corrected chi connectivity index (χ3v) is 4.12. The summed E-state index contributed by atoms with van der Waals surface area (Å²) >= 11 is 0. The van der Waals surface area contributed by atoms with Gasteiger partial charge in [0.05, 0.1) is 12.1 Å². The second-order valence-electron chi connectivity index (χ2n) is 5.84. The van der Waals surface area contributed by atoms with E-state index in [1.54, 1.807) is 42.2 Å². The molecule has 120 valence electrons. The van der Waals surface area contributed by atoms with E-state index in [4.69, 9.17) is 4.42 Å². The quantitative estimate of drug-likeness (QED) is 0.862. The first-order valence-electron chi connectivity index (χ1n) is 7.71. The molecule has 5 heteroatoms. The molecule has 0 saturated carbocycles. The van der Waals surface area contributed by atoms with Crippen LogP contribution < -0.4 is 4.90 Å². The van der Waals surface area contributed by atoms with Crippen molar-refractivity contribution < 1.29 is 19.1 Å². The predicted octanol–water partition coefficient (Wildman–Crippen LogP) is 2.81. The van der Waals surface area contributed by atoms with Crippen LogP contribution in [0.2, 0.25) is 0 Å². The number of amides is 1. The van der Waals surface area contributed by atoms with Crippen molar-refractivity contribution in [3.8, 4) is 0 Å². The number of carbonyl (C=O) groups is 2. The first-order chi connectivity index (χ1) is 11.0. The Hall–Kier alpha value is -2.40. The molecule has 2 aromatic rings. The zero-order chi connectivity index (χ0) is 16.6. The number of hydrogen-bond acceptors (Lipinski definition) is 4. The molecule has 1 N–H and O–H groups in total. The summed E-state index contributed by atoms with van der Waals surface area (Å²) in [7, 11) is 0. The van der Waals surface area contributed by atoms with E-state index in [0.717, 1.165) is 6.42 Å². The molecule has 1 aliphatic rings. The number of carbonyl (C=O) groups excluding carboxylic acids is 2. The van der Waals surface area contributed by atoms with Crippen LogP contribution in [0.3, 0.4) is 0 Å². The maximum absolute atomic E-state index is 12.7. The Morgan fingerprint density at radius 3 is 2.65 bits per heavy atom. The number of rotatable bonds is 5. The van der Waals surface area contributed by atoms with Crippen molar-refractivity contribution in [2.45, 2.75) is 32.3 Å². The fraction of sp³-hybridized carbons (Fsp3) is 0.333. The first-order valence-corrected chi connectivity index (χ1v) is 7.71. The fourth-order valence-corrected chi connectivity index (χ4v) is 3.03. The van der Waals surface area contributed by atoms with Gasteiger partial charge in [-0.2, -0.15) is 0 Å². The SMILES string of the molecule is CCCN1C(=O)[C@@](O)(CC(=O)c2ccc(C)o2)c2ccccc21. The van der Waals surface area contributed by atoms with Gasteiger partial charge in [-0.15, -0.1) is 0 Å². The summed E-state index contributed by atoms with van der Waals surface area (Å²) in [5.74, 6) is -0.0551. The first kappa shape index (κ1) is 15.5. The molecule has 0 aliphatic carbocycles. The number of furan rings is 1. The Labute approximate surface area is 134 Å². The third kappa shape index (κ3) is 2.47. The van der Waals surface area contributed by atoms with Gasteiger partial charge < -0.3 is 14.4 Å². The monoisotopic (exact) mass is 313 g/mol. The molecule has 0 fully saturated rings. The Bertz CT molecular complexity index is 764. The van der Waals surface area contributed by atoms with Crippen LogP contribution in [0.5, 0.6) is 0 Å². The average molecular weight is 313 g/mol. The van der Waals surface area contributed by atoms with Crippen LogP contribution >= 0.6 is 0 Å². The van der Waals surface area contributed by atoms with Gasteiger partial charge in [0.2, 0.25) is 5.78 Å².